The molecule has 2 aromatic rings. The molecule has 3 rings (SSSR count). The van der Waals surface area contributed by atoms with E-state index in [-0.39, 0.29) is 19.5 Å². The molecule has 1 aromatic heterocycles. The van der Waals surface area contributed by atoms with Crippen LogP contribution in [0.1, 0.15) is 31.7 Å². The van der Waals surface area contributed by atoms with Crippen LogP contribution < -0.4 is 9.47 Å². The molecule has 0 unspecified atom stereocenters. The Balaban J connectivity index is 1.93. The number of ether oxygens (including phenoxy) is 5. The van der Waals surface area contributed by atoms with Crippen molar-refractivity contribution in [3.05, 3.63) is 17.7 Å². The van der Waals surface area contributed by atoms with E-state index in [1.807, 2.05) is 12.3 Å². The van der Waals surface area contributed by atoms with Gasteiger partial charge in [0.05, 0.1) is 18.8 Å². The summed E-state index contributed by atoms with van der Waals surface area (Å²) in [4.78, 5) is 2.44. The third kappa shape index (κ3) is 6.83. The van der Waals surface area contributed by atoms with Crippen molar-refractivity contribution in [3.8, 4) is 22.9 Å². The average Bonchev–Trinajstić information content (AvgIpc) is 3.24. The van der Waals surface area contributed by atoms with Gasteiger partial charge in [-0.25, -0.2) is 0 Å². The van der Waals surface area contributed by atoms with E-state index in [0.29, 0.717) is 5.75 Å². The highest BCUT2D eigenvalue weighted by atomic mass is 32.2. The van der Waals surface area contributed by atoms with Gasteiger partial charge in [0.2, 0.25) is 0 Å². The Bertz CT molecular complexity index is 871. The lowest BCUT2D eigenvalue weighted by atomic mass is 9.98. The van der Waals surface area contributed by atoms with E-state index in [9.17, 15) is 0 Å². The number of thioether (sulfide) groups is 1. The molecule has 9 nitrogen and oxygen atoms in total. The van der Waals surface area contributed by atoms with Crippen LogP contribution in [0.25, 0.3) is 11.4 Å². The molecular weight excluding hydrogens is 444 g/mol. The zero-order valence-electron chi connectivity index (χ0n) is 20.3. The predicted octanol–water partition coefficient (Wildman–Crippen LogP) is 3.48. The molecule has 10 heteroatoms. The highest BCUT2D eigenvalue weighted by Gasteiger charge is 2.22. The van der Waals surface area contributed by atoms with Crippen LogP contribution in [0.4, 0.5) is 0 Å². The van der Waals surface area contributed by atoms with Crippen molar-refractivity contribution in [2.45, 2.75) is 37.9 Å². The van der Waals surface area contributed by atoms with Gasteiger partial charge in [-0.05, 0) is 30.2 Å². The van der Waals surface area contributed by atoms with Crippen molar-refractivity contribution in [2.75, 3.05) is 66.9 Å². The molecule has 0 N–H and O–H groups in total. The van der Waals surface area contributed by atoms with Crippen molar-refractivity contribution >= 4 is 11.8 Å². The van der Waals surface area contributed by atoms with E-state index >= 15 is 0 Å². The Morgan fingerprint density at radius 1 is 1.00 bits per heavy atom. The van der Waals surface area contributed by atoms with Crippen LogP contribution in [0.3, 0.4) is 0 Å². The van der Waals surface area contributed by atoms with Gasteiger partial charge in [0, 0.05) is 46.5 Å². The molecule has 0 saturated carbocycles. The molecule has 1 saturated heterocycles. The Labute approximate surface area is 200 Å². The maximum absolute atomic E-state index is 5.94. The van der Waals surface area contributed by atoms with Crippen molar-refractivity contribution in [1.82, 2.24) is 19.7 Å². The maximum Gasteiger partial charge on any atom is 0.191 e. The van der Waals surface area contributed by atoms with Gasteiger partial charge in [-0.1, -0.05) is 25.6 Å². The van der Waals surface area contributed by atoms with Gasteiger partial charge in [0.15, 0.2) is 24.6 Å². The molecule has 0 amide bonds. The second-order valence-electron chi connectivity index (χ2n) is 8.11. The van der Waals surface area contributed by atoms with Gasteiger partial charge in [0.1, 0.15) is 11.5 Å². The number of nitrogens with zero attached hydrogens (tertiary/aromatic N) is 4. The SMILES string of the molecule is COCOc1cc(OCOC)c(C(C)C)cc1-c1nnc(SC)n1CCCN1CCOCC1. The van der Waals surface area contributed by atoms with Gasteiger partial charge in [-0.15, -0.1) is 10.2 Å². The zero-order chi connectivity index (χ0) is 23.6. The molecule has 1 aromatic carbocycles. The van der Waals surface area contributed by atoms with Gasteiger partial charge in [-0.2, -0.15) is 0 Å². The fourth-order valence-corrected chi connectivity index (χ4v) is 4.33. The molecule has 1 aliphatic rings. The second-order valence-corrected chi connectivity index (χ2v) is 8.89. The lowest BCUT2D eigenvalue weighted by Gasteiger charge is -2.26. The maximum atomic E-state index is 5.94. The first-order valence-corrected chi connectivity index (χ1v) is 12.5. The van der Waals surface area contributed by atoms with Crippen LogP contribution in [0.2, 0.25) is 0 Å². The standard InChI is InChI=1S/C23H36N4O5S/c1-17(2)18-13-19(21(32-16-29-4)14-20(18)31-15-28-3)22-24-25-23(33-5)27(22)8-6-7-26-9-11-30-12-10-26/h13-14,17H,6-12,15-16H2,1-5H3. The number of rotatable bonds is 13. The number of methoxy groups -OCH3 is 2. The highest BCUT2D eigenvalue weighted by molar-refractivity contribution is 7.98. The summed E-state index contributed by atoms with van der Waals surface area (Å²) < 4.78 is 29.7. The molecule has 0 aliphatic carbocycles. The number of aromatic nitrogens is 3. The normalized spacial score (nSPS) is 14.7. The first-order chi connectivity index (χ1) is 16.1. The van der Waals surface area contributed by atoms with E-state index in [1.165, 1.54) is 0 Å². The Kier molecular flexibility index (Phi) is 10.3. The molecular formula is C23H36N4O5S. The predicted molar refractivity (Wildman–Crippen MR) is 128 cm³/mol. The number of benzene rings is 1. The van der Waals surface area contributed by atoms with Gasteiger partial charge in [0.25, 0.3) is 0 Å². The third-order valence-electron chi connectivity index (χ3n) is 5.50. The van der Waals surface area contributed by atoms with Crippen LogP contribution in [0.5, 0.6) is 11.5 Å². The van der Waals surface area contributed by atoms with Crippen LogP contribution in [0, 0.1) is 0 Å². The zero-order valence-corrected chi connectivity index (χ0v) is 21.2. The highest BCUT2D eigenvalue weighted by Crippen LogP contribution is 2.39. The summed E-state index contributed by atoms with van der Waals surface area (Å²) in [6.07, 6.45) is 3.02. The molecule has 1 fully saturated rings. The average molecular weight is 481 g/mol. The van der Waals surface area contributed by atoms with E-state index in [0.717, 1.165) is 73.7 Å². The minimum atomic E-state index is 0.123. The second kappa shape index (κ2) is 13.1. The summed E-state index contributed by atoms with van der Waals surface area (Å²) in [6, 6.07) is 3.99. The quantitative estimate of drug-likeness (QED) is 0.316. The molecule has 0 atom stereocenters. The van der Waals surface area contributed by atoms with Gasteiger partial charge in [-0.3, -0.25) is 4.90 Å². The third-order valence-corrected chi connectivity index (χ3v) is 6.17. The number of morpholine rings is 1. The number of hydrogen-bond acceptors (Lipinski definition) is 9. The van der Waals surface area contributed by atoms with Crippen LogP contribution in [-0.2, 0) is 20.8 Å². The van der Waals surface area contributed by atoms with Gasteiger partial charge >= 0.3 is 0 Å². The first kappa shape index (κ1) is 25.8. The van der Waals surface area contributed by atoms with Crippen molar-refractivity contribution < 1.29 is 23.7 Å². The van der Waals surface area contributed by atoms with Crippen LogP contribution >= 0.6 is 11.8 Å². The molecule has 0 spiro atoms. The lowest BCUT2D eigenvalue weighted by molar-refractivity contribution is 0.0368. The lowest BCUT2D eigenvalue weighted by Crippen LogP contribution is -2.37. The van der Waals surface area contributed by atoms with E-state index < -0.39 is 0 Å². The van der Waals surface area contributed by atoms with Crippen LogP contribution in [0.15, 0.2) is 17.3 Å². The van der Waals surface area contributed by atoms with Crippen molar-refractivity contribution in [2.24, 2.45) is 0 Å². The topological polar surface area (TPSA) is 80.1 Å². The summed E-state index contributed by atoms with van der Waals surface area (Å²) in [5.41, 5.74) is 1.93. The largest absolute Gasteiger partial charge is 0.467 e. The Morgan fingerprint density at radius 2 is 1.70 bits per heavy atom. The molecule has 184 valence electrons. The van der Waals surface area contributed by atoms with E-state index in [1.54, 1.807) is 26.0 Å². The smallest absolute Gasteiger partial charge is 0.191 e. The molecule has 2 heterocycles. The van der Waals surface area contributed by atoms with E-state index in [4.69, 9.17) is 23.7 Å². The van der Waals surface area contributed by atoms with Crippen LogP contribution in [-0.4, -0.2) is 86.6 Å². The first-order valence-electron chi connectivity index (χ1n) is 11.3. The molecule has 0 radical (unpaired) electrons. The molecule has 33 heavy (non-hydrogen) atoms. The summed E-state index contributed by atoms with van der Waals surface area (Å²) in [5.74, 6) is 2.39. The number of hydrogen-bond donors (Lipinski definition) is 0. The Hall–Kier alpha value is -1.85. The van der Waals surface area contributed by atoms with Gasteiger partial charge < -0.3 is 28.3 Å². The summed E-state index contributed by atoms with van der Waals surface area (Å²) in [7, 11) is 3.21. The van der Waals surface area contributed by atoms with E-state index in [2.05, 4.69) is 39.6 Å². The summed E-state index contributed by atoms with van der Waals surface area (Å²) in [6.45, 7) is 9.98. The molecule has 0 bridgehead atoms. The minimum Gasteiger partial charge on any atom is -0.467 e. The Morgan fingerprint density at radius 3 is 2.33 bits per heavy atom. The monoisotopic (exact) mass is 480 g/mol. The fraction of sp³-hybridized carbons (Fsp3) is 0.652. The fourth-order valence-electron chi connectivity index (χ4n) is 3.81. The summed E-state index contributed by atoms with van der Waals surface area (Å²) >= 11 is 1.59. The van der Waals surface area contributed by atoms with Crippen molar-refractivity contribution in [3.63, 3.8) is 0 Å². The minimum absolute atomic E-state index is 0.123. The summed E-state index contributed by atoms with van der Waals surface area (Å²) in [5, 5.41) is 9.89. The van der Waals surface area contributed by atoms with Crippen molar-refractivity contribution in [1.29, 1.82) is 0 Å². The molecule has 1 aliphatic heterocycles.